The highest BCUT2D eigenvalue weighted by atomic mass is 16.5. The highest BCUT2D eigenvalue weighted by Gasteiger charge is 2.28. The van der Waals surface area contributed by atoms with Crippen LogP contribution in [0.4, 0.5) is 0 Å². The summed E-state index contributed by atoms with van der Waals surface area (Å²) < 4.78 is 10.9. The van der Waals surface area contributed by atoms with Gasteiger partial charge in [-0.2, -0.15) is 5.10 Å². The van der Waals surface area contributed by atoms with E-state index in [9.17, 15) is 9.59 Å². The molecule has 0 bridgehead atoms. The van der Waals surface area contributed by atoms with Gasteiger partial charge in [-0.25, -0.2) is 5.43 Å². The predicted molar refractivity (Wildman–Crippen MR) is 103 cm³/mol. The highest BCUT2D eigenvalue weighted by molar-refractivity contribution is 6.07. The number of aromatic nitrogens is 1. The van der Waals surface area contributed by atoms with Crippen LogP contribution in [0.5, 0.6) is 0 Å². The average Bonchev–Trinajstić information content (AvgIpc) is 3.04. The van der Waals surface area contributed by atoms with Gasteiger partial charge in [-0.05, 0) is 38.8 Å². The van der Waals surface area contributed by atoms with Gasteiger partial charge < -0.3 is 14.5 Å². The van der Waals surface area contributed by atoms with Gasteiger partial charge >= 0.3 is 0 Å². The smallest absolute Gasteiger partial charge is 0.287 e. The number of hydrogen-bond donors (Lipinski definition) is 2. The average molecular weight is 384 g/mol. The van der Waals surface area contributed by atoms with Crippen LogP contribution in [0.3, 0.4) is 0 Å². The zero-order valence-electron chi connectivity index (χ0n) is 16.2. The number of methoxy groups -OCH3 is 1. The van der Waals surface area contributed by atoms with Crippen molar-refractivity contribution in [3.63, 3.8) is 0 Å². The van der Waals surface area contributed by atoms with Gasteiger partial charge in [0, 0.05) is 43.1 Å². The third-order valence-electron chi connectivity index (χ3n) is 4.54. The van der Waals surface area contributed by atoms with Gasteiger partial charge in [0.25, 0.3) is 11.8 Å². The van der Waals surface area contributed by atoms with Gasteiger partial charge in [0.2, 0.25) is 0 Å². The van der Waals surface area contributed by atoms with Crippen molar-refractivity contribution < 1.29 is 18.7 Å². The number of ether oxygens (including phenoxy) is 1. The van der Waals surface area contributed by atoms with Crippen molar-refractivity contribution in [1.82, 2.24) is 15.7 Å². The lowest BCUT2D eigenvalue weighted by atomic mass is 9.93. The third-order valence-corrected chi connectivity index (χ3v) is 4.54. The molecule has 0 fully saturated rings. The van der Waals surface area contributed by atoms with Crippen LogP contribution in [0.15, 0.2) is 34.0 Å². The number of nitrogens with one attached hydrogen (secondary N) is 2. The van der Waals surface area contributed by atoms with Crippen LogP contribution in [0, 0.1) is 6.92 Å². The molecule has 0 radical (unpaired) electrons. The molecule has 28 heavy (non-hydrogen) atoms. The van der Waals surface area contributed by atoms with Crippen molar-refractivity contribution in [2.75, 3.05) is 13.7 Å². The van der Waals surface area contributed by atoms with Gasteiger partial charge in [-0.1, -0.05) is 0 Å². The van der Waals surface area contributed by atoms with E-state index in [1.807, 2.05) is 13.8 Å². The predicted octanol–water partition coefficient (Wildman–Crippen LogP) is 2.22. The summed E-state index contributed by atoms with van der Waals surface area (Å²) in [5.41, 5.74) is 5.25. The maximum absolute atomic E-state index is 12.5. The van der Waals surface area contributed by atoms with E-state index in [0.717, 1.165) is 29.7 Å². The van der Waals surface area contributed by atoms with Crippen LogP contribution in [0.25, 0.3) is 0 Å². The summed E-state index contributed by atoms with van der Waals surface area (Å²) in [6, 6.07) is 3.23. The number of rotatable bonds is 6. The first-order chi connectivity index (χ1) is 13.5. The molecule has 2 amide bonds. The molecule has 1 atom stereocenters. The van der Waals surface area contributed by atoms with E-state index in [0.29, 0.717) is 24.3 Å². The number of aryl methyl sites for hydroxylation is 1. The van der Waals surface area contributed by atoms with Gasteiger partial charge in [0.05, 0.1) is 17.9 Å². The maximum Gasteiger partial charge on any atom is 0.287 e. The Balaban J connectivity index is 1.80. The van der Waals surface area contributed by atoms with Crippen LogP contribution in [0.1, 0.15) is 57.6 Å². The fourth-order valence-corrected chi connectivity index (χ4v) is 3.26. The largest absolute Gasteiger partial charge is 0.455 e. The Kier molecular flexibility index (Phi) is 6.20. The lowest BCUT2D eigenvalue weighted by molar-refractivity contribution is 0.0874. The number of hydrogen-bond acceptors (Lipinski definition) is 6. The number of hydrazone groups is 1. The summed E-state index contributed by atoms with van der Waals surface area (Å²) in [7, 11) is 1.59. The molecule has 2 N–H and O–H groups in total. The highest BCUT2D eigenvalue weighted by Crippen LogP contribution is 2.29. The molecule has 2 aromatic rings. The van der Waals surface area contributed by atoms with Gasteiger partial charge in [-0.15, -0.1) is 0 Å². The zero-order chi connectivity index (χ0) is 20.1. The first-order valence-corrected chi connectivity index (χ1v) is 9.20. The number of furan rings is 1. The molecule has 148 valence electrons. The van der Waals surface area contributed by atoms with E-state index < -0.39 is 0 Å². The molecule has 1 aliphatic carbocycles. The molecule has 1 aliphatic rings. The minimum absolute atomic E-state index is 0.133. The molecule has 2 aromatic heterocycles. The topological polar surface area (TPSA) is 106 Å². The van der Waals surface area contributed by atoms with Crippen LogP contribution >= 0.6 is 0 Å². The normalized spacial score (nSPS) is 15.8. The summed E-state index contributed by atoms with van der Waals surface area (Å²) in [4.78, 5) is 28.7. The Bertz CT molecular complexity index is 889. The molecular weight excluding hydrogens is 360 g/mol. The Morgan fingerprint density at radius 3 is 2.89 bits per heavy atom. The van der Waals surface area contributed by atoms with Crippen LogP contribution in [-0.2, 0) is 11.2 Å². The zero-order valence-corrected chi connectivity index (χ0v) is 16.2. The van der Waals surface area contributed by atoms with Crippen molar-refractivity contribution in [3.05, 3.63) is 52.7 Å². The summed E-state index contributed by atoms with van der Waals surface area (Å²) in [6.45, 7) is 4.11. The van der Waals surface area contributed by atoms with E-state index in [2.05, 4.69) is 20.8 Å². The molecule has 8 heteroatoms. The SMILES string of the molecule is COCC(C)NC(=O)c1oc2c(c1C)/C(=N/NC(=O)c1cccnc1)CCC2. The first-order valence-electron chi connectivity index (χ1n) is 9.20. The molecule has 0 aliphatic heterocycles. The quantitative estimate of drug-likeness (QED) is 0.743. The summed E-state index contributed by atoms with van der Waals surface area (Å²) in [5.74, 6) is 0.388. The minimum atomic E-state index is -0.333. The minimum Gasteiger partial charge on any atom is -0.455 e. The lowest BCUT2D eigenvalue weighted by Crippen LogP contribution is -2.35. The van der Waals surface area contributed by atoms with Gasteiger partial charge in [0.1, 0.15) is 5.76 Å². The number of pyridine rings is 1. The summed E-state index contributed by atoms with van der Waals surface area (Å²) in [5, 5.41) is 7.16. The van der Waals surface area contributed by atoms with E-state index in [1.54, 1.807) is 25.4 Å². The Labute approximate surface area is 163 Å². The molecule has 2 heterocycles. The second kappa shape index (κ2) is 8.79. The molecule has 3 rings (SSSR count). The van der Waals surface area contributed by atoms with Crippen molar-refractivity contribution in [2.45, 2.75) is 39.2 Å². The summed E-state index contributed by atoms with van der Waals surface area (Å²) in [6.07, 6.45) is 5.34. The molecule has 0 spiro atoms. The number of amides is 2. The van der Waals surface area contributed by atoms with Crippen molar-refractivity contribution in [1.29, 1.82) is 0 Å². The fraction of sp³-hybridized carbons (Fsp3) is 0.400. The summed E-state index contributed by atoms with van der Waals surface area (Å²) >= 11 is 0. The monoisotopic (exact) mass is 384 g/mol. The molecule has 0 saturated carbocycles. The van der Waals surface area contributed by atoms with Crippen LogP contribution in [0.2, 0.25) is 0 Å². The molecular formula is C20H24N4O4. The molecule has 0 saturated heterocycles. The number of fused-ring (bicyclic) bond motifs is 1. The first kappa shape index (κ1) is 19.8. The standard InChI is InChI=1S/C20H24N4O4/c1-12(11-27-3)22-20(26)18-13(2)17-15(7-4-8-16(17)28-18)23-24-19(25)14-6-5-9-21-10-14/h5-6,9-10,12H,4,7-8,11H2,1-3H3,(H,22,26)(H,24,25)/b23-15+. The third kappa shape index (κ3) is 4.28. The Morgan fingerprint density at radius 2 is 2.18 bits per heavy atom. The Morgan fingerprint density at radius 1 is 1.36 bits per heavy atom. The second-order valence-electron chi connectivity index (χ2n) is 6.78. The van der Waals surface area contributed by atoms with Gasteiger partial charge in [0.15, 0.2) is 5.76 Å². The van der Waals surface area contributed by atoms with E-state index in [-0.39, 0.29) is 23.6 Å². The van der Waals surface area contributed by atoms with E-state index >= 15 is 0 Å². The molecule has 0 aromatic carbocycles. The van der Waals surface area contributed by atoms with Crippen LogP contribution in [-0.4, -0.2) is 42.3 Å². The number of carbonyl (C=O) groups is 2. The Hall–Kier alpha value is -3.00. The van der Waals surface area contributed by atoms with Gasteiger partial charge in [-0.3, -0.25) is 14.6 Å². The van der Waals surface area contributed by atoms with E-state index in [1.165, 1.54) is 6.20 Å². The van der Waals surface area contributed by atoms with Crippen molar-refractivity contribution in [2.24, 2.45) is 5.10 Å². The molecule has 8 nitrogen and oxygen atoms in total. The van der Waals surface area contributed by atoms with E-state index in [4.69, 9.17) is 9.15 Å². The molecule has 1 unspecified atom stereocenters. The van der Waals surface area contributed by atoms with Crippen molar-refractivity contribution >= 4 is 17.5 Å². The maximum atomic E-state index is 12.5. The number of carbonyl (C=O) groups excluding carboxylic acids is 2. The second-order valence-corrected chi connectivity index (χ2v) is 6.78. The number of nitrogens with zero attached hydrogens (tertiary/aromatic N) is 2. The fourth-order valence-electron chi connectivity index (χ4n) is 3.26. The van der Waals surface area contributed by atoms with Crippen molar-refractivity contribution in [3.8, 4) is 0 Å². The lowest BCUT2D eigenvalue weighted by Gasteiger charge is -2.13. The van der Waals surface area contributed by atoms with Crippen LogP contribution < -0.4 is 10.7 Å².